The quantitative estimate of drug-likeness (QED) is 0.606. The largest absolute Gasteiger partial charge is 0.481 e. The van der Waals surface area contributed by atoms with Crippen molar-refractivity contribution in [3.8, 4) is 0 Å². The number of aliphatic hydroxyl groups is 1. The van der Waals surface area contributed by atoms with E-state index in [1.54, 1.807) is 18.5 Å². The molecule has 1 rings (SSSR count). The van der Waals surface area contributed by atoms with E-state index in [2.05, 4.69) is 10.4 Å². The van der Waals surface area contributed by atoms with Crippen molar-refractivity contribution in [2.45, 2.75) is 25.5 Å². The van der Waals surface area contributed by atoms with Crippen molar-refractivity contribution in [1.29, 1.82) is 0 Å². The van der Waals surface area contributed by atoms with Crippen molar-refractivity contribution in [2.24, 2.45) is 0 Å². The number of carboxylic acids is 1. The Morgan fingerprint density at radius 2 is 2.24 bits per heavy atom. The summed E-state index contributed by atoms with van der Waals surface area (Å²) in [4.78, 5) is 21.8. The Morgan fingerprint density at radius 3 is 2.76 bits per heavy atom. The minimum atomic E-state index is -1.45. The first-order chi connectivity index (χ1) is 7.89. The molecule has 0 aliphatic rings. The molecule has 7 heteroatoms. The van der Waals surface area contributed by atoms with Crippen LogP contribution in [0.25, 0.3) is 0 Å². The van der Waals surface area contributed by atoms with Crippen molar-refractivity contribution < 1.29 is 19.8 Å². The van der Waals surface area contributed by atoms with Crippen molar-refractivity contribution in [1.82, 2.24) is 15.1 Å². The zero-order valence-electron chi connectivity index (χ0n) is 9.46. The Labute approximate surface area is 98.1 Å². The molecule has 1 amide bonds. The Kier molecular flexibility index (Phi) is 4.22. The summed E-state index contributed by atoms with van der Waals surface area (Å²) in [5.41, 5.74) is -1.45. The molecule has 1 aromatic rings. The summed E-state index contributed by atoms with van der Waals surface area (Å²) in [5.74, 6) is -1.45. The van der Waals surface area contributed by atoms with Crippen LogP contribution in [0.4, 0.5) is 0 Å². The summed E-state index contributed by atoms with van der Waals surface area (Å²) < 4.78 is 1.43. The molecule has 1 unspecified atom stereocenters. The highest BCUT2D eigenvalue weighted by Crippen LogP contribution is 2.07. The summed E-state index contributed by atoms with van der Waals surface area (Å²) in [6, 6.07) is 1.69. The lowest BCUT2D eigenvalue weighted by molar-refractivity contribution is -0.142. The second-order valence-corrected chi connectivity index (χ2v) is 4.05. The van der Waals surface area contributed by atoms with Crippen LogP contribution in [-0.2, 0) is 16.1 Å². The zero-order chi connectivity index (χ0) is 12.9. The highest BCUT2D eigenvalue weighted by Gasteiger charge is 2.24. The van der Waals surface area contributed by atoms with E-state index in [1.807, 2.05) is 0 Å². The molecular weight excluding hydrogens is 226 g/mol. The molecular formula is C10H15N3O4. The van der Waals surface area contributed by atoms with Gasteiger partial charge in [-0.25, -0.2) is 0 Å². The van der Waals surface area contributed by atoms with E-state index in [-0.39, 0.29) is 19.0 Å². The Bertz CT molecular complexity index is 386. The van der Waals surface area contributed by atoms with Crippen LogP contribution in [0.1, 0.15) is 13.3 Å². The summed E-state index contributed by atoms with van der Waals surface area (Å²) in [6.45, 7) is 1.28. The third kappa shape index (κ3) is 5.12. The maximum Gasteiger partial charge on any atom is 0.306 e. The van der Waals surface area contributed by atoms with Gasteiger partial charge < -0.3 is 15.5 Å². The number of carboxylic acid groups (broad SMARTS) is 1. The zero-order valence-corrected chi connectivity index (χ0v) is 9.46. The molecule has 0 fully saturated rings. The summed E-state index contributed by atoms with van der Waals surface area (Å²) in [6.07, 6.45) is 2.76. The number of aromatic nitrogens is 2. The van der Waals surface area contributed by atoms with Crippen LogP contribution in [-0.4, -0.2) is 44.0 Å². The molecule has 0 aliphatic carbocycles. The van der Waals surface area contributed by atoms with Gasteiger partial charge >= 0.3 is 5.97 Å². The van der Waals surface area contributed by atoms with Crippen molar-refractivity contribution >= 4 is 11.9 Å². The second-order valence-electron chi connectivity index (χ2n) is 4.05. The lowest BCUT2D eigenvalue weighted by Gasteiger charge is -2.21. The molecule has 1 atom stereocenters. The Morgan fingerprint density at radius 1 is 1.53 bits per heavy atom. The number of nitrogens with one attached hydrogen (secondary N) is 1. The monoisotopic (exact) mass is 241 g/mol. The van der Waals surface area contributed by atoms with Gasteiger partial charge in [0, 0.05) is 18.9 Å². The van der Waals surface area contributed by atoms with Crippen LogP contribution in [0, 0.1) is 0 Å². The molecule has 94 valence electrons. The fourth-order valence-corrected chi connectivity index (χ4v) is 1.27. The standard InChI is InChI=1S/C10H15N3O4/c1-10(17,5-9(15)16)7-11-8(14)6-13-4-2-3-12-13/h2-4,17H,5-7H2,1H3,(H,11,14)(H,15,16). The van der Waals surface area contributed by atoms with Gasteiger partial charge in [-0.2, -0.15) is 5.10 Å². The lowest BCUT2D eigenvalue weighted by Crippen LogP contribution is -2.43. The normalized spacial score (nSPS) is 14.0. The van der Waals surface area contributed by atoms with E-state index >= 15 is 0 Å². The van der Waals surface area contributed by atoms with Gasteiger partial charge in [-0.1, -0.05) is 0 Å². The van der Waals surface area contributed by atoms with Gasteiger partial charge in [-0.3, -0.25) is 14.3 Å². The number of amides is 1. The van der Waals surface area contributed by atoms with E-state index in [1.165, 1.54) is 11.6 Å². The van der Waals surface area contributed by atoms with Gasteiger partial charge in [0.2, 0.25) is 5.91 Å². The topological polar surface area (TPSA) is 104 Å². The first-order valence-corrected chi connectivity index (χ1v) is 5.07. The maximum absolute atomic E-state index is 11.4. The van der Waals surface area contributed by atoms with Crippen LogP contribution in [0.15, 0.2) is 18.5 Å². The van der Waals surface area contributed by atoms with E-state index in [0.29, 0.717) is 0 Å². The number of carbonyl (C=O) groups is 2. The first kappa shape index (κ1) is 13.2. The lowest BCUT2D eigenvalue weighted by atomic mass is 10.0. The predicted molar refractivity (Wildman–Crippen MR) is 58.1 cm³/mol. The van der Waals surface area contributed by atoms with Gasteiger partial charge in [0.1, 0.15) is 6.54 Å². The minimum absolute atomic E-state index is 0.0378. The molecule has 0 saturated carbocycles. The van der Waals surface area contributed by atoms with Gasteiger partial charge in [0.15, 0.2) is 0 Å². The molecule has 0 radical (unpaired) electrons. The van der Waals surface area contributed by atoms with Crippen molar-refractivity contribution in [3.63, 3.8) is 0 Å². The van der Waals surface area contributed by atoms with Crippen LogP contribution in [0.2, 0.25) is 0 Å². The van der Waals surface area contributed by atoms with Gasteiger partial charge in [0.05, 0.1) is 12.0 Å². The maximum atomic E-state index is 11.4. The first-order valence-electron chi connectivity index (χ1n) is 5.07. The number of rotatable bonds is 6. The van der Waals surface area contributed by atoms with Crippen LogP contribution < -0.4 is 5.32 Å². The van der Waals surface area contributed by atoms with Crippen LogP contribution in [0.5, 0.6) is 0 Å². The highest BCUT2D eigenvalue weighted by atomic mass is 16.4. The average molecular weight is 241 g/mol. The SMILES string of the molecule is CC(O)(CNC(=O)Cn1cccn1)CC(=O)O. The molecule has 3 N–H and O–H groups in total. The molecule has 0 bridgehead atoms. The highest BCUT2D eigenvalue weighted by molar-refractivity contribution is 5.75. The third-order valence-electron chi connectivity index (χ3n) is 2.06. The van der Waals surface area contributed by atoms with E-state index in [4.69, 9.17) is 5.11 Å². The number of aliphatic carboxylic acids is 1. The molecule has 17 heavy (non-hydrogen) atoms. The van der Waals surface area contributed by atoms with E-state index < -0.39 is 18.0 Å². The predicted octanol–water partition coefficient (Wildman–Crippen LogP) is -0.775. The fraction of sp³-hybridized carbons (Fsp3) is 0.500. The second kappa shape index (κ2) is 5.44. The average Bonchev–Trinajstić information content (AvgIpc) is 2.65. The molecule has 0 saturated heterocycles. The third-order valence-corrected chi connectivity index (χ3v) is 2.06. The molecule has 0 spiro atoms. The molecule has 1 aromatic heterocycles. The van der Waals surface area contributed by atoms with E-state index in [0.717, 1.165) is 0 Å². The molecule has 7 nitrogen and oxygen atoms in total. The van der Waals surface area contributed by atoms with Crippen LogP contribution in [0.3, 0.4) is 0 Å². The molecule has 1 heterocycles. The fourth-order valence-electron chi connectivity index (χ4n) is 1.27. The number of nitrogens with zero attached hydrogens (tertiary/aromatic N) is 2. The number of carbonyl (C=O) groups excluding carboxylic acids is 1. The van der Waals surface area contributed by atoms with Gasteiger partial charge in [-0.15, -0.1) is 0 Å². The molecule has 0 aromatic carbocycles. The Hall–Kier alpha value is -1.89. The van der Waals surface area contributed by atoms with Gasteiger partial charge in [0.25, 0.3) is 0 Å². The number of hydrogen-bond donors (Lipinski definition) is 3. The van der Waals surface area contributed by atoms with Gasteiger partial charge in [-0.05, 0) is 13.0 Å². The van der Waals surface area contributed by atoms with Crippen LogP contribution >= 0.6 is 0 Å². The van der Waals surface area contributed by atoms with E-state index in [9.17, 15) is 14.7 Å². The minimum Gasteiger partial charge on any atom is -0.481 e. The van der Waals surface area contributed by atoms with Crippen molar-refractivity contribution in [3.05, 3.63) is 18.5 Å². The smallest absolute Gasteiger partial charge is 0.306 e. The summed E-state index contributed by atoms with van der Waals surface area (Å²) in [7, 11) is 0. The Balaban J connectivity index is 2.35. The molecule has 0 aliphatic heterocycles. The summed E-state index contributed by atoms with van der Waals surface area (Å²) >= 11 is 0. The number of hydrogen-bond acceptors (Lipinski definition) is 4. The van der Waals surface area contributed by atoms with Crippen molar-refractivity contribution in [2.75, 3.05) is 6.54 Å². The summed E-state index contributed by atoms with van der Waals surface area (Å²) in [5, 5.41) is 24.5.